The monoisotopic (exact) mass is 449 g/mol. The third kappa shape index (κ3) is 5.65. The number of carbonyl (C=O) groups excluding carboxylic acids is 2. The first kappa shape index (κ1) is 22.8. The van der Waals surface area contributed by atoms with Crippen molar-refractivity contribution in [1.82, 2.24) is 15.1 Å². The minimum atomic E-state index is -0.373. The topological polar surface area (TPSA) is 71.1 Å². The molecule has 2 aromatic rings. The number of hydrogen-bond donors (Lipinski definition) is 1. The predicted molar refractivity (Wildman–Crippen MR) is 115 cm³/mol. The Morgan fingerprint density at radius 2 is 1.77 bits per heavy atom. The van der Waals surface area contributed by atoms with Gasteiger partial charge in [0.15, 0.2) is 11.5 Å². The van der Waals surface area contributed by atoms with Gasteiger partial charge in [-0.3, -0.25) is 14.5 Å². The van der Waals surface area contributed by atoms with Crippen molar-refractivity contribution < 1.29 is 23.5 Å². The zero-order valence-electron chi connectivity index (χ0n) is 17.5. The van der Waals surface area contributed by atoms with E-state index in [4.69, 9.17) is 21.1 Å². The molecule has 0 spiro atoms. The molecule has 2 aromatic carbocycles. The van der Waals surface area contributed by atoms with Gasteiger partial charge in [-0.1, -0.05) is 17.7 Å². The summed E-state index contributed by atoms with van der Waals surface area (Å²) in [5.74, 6) is 0.0839. The summed E-state index contributed by atoms with van der Waals surface area (Å²) < 4.78 is 24.3. The summed E-state index contributed by atoms with van der Waals surface area (Å²) in [4.78, 5) is 28.6. The Morgan fingerprint density at radius 1 is 1.06 bits per heavy atom. The molecule has 9 heteroatoms. The maximum atomic E-state index is 14.0. The summed E-state index contributed by atoms with van der Waals surface area (Å²) >= 11 is 6.10. The predicted octanol–water partition coefficient (Wildman–Crippen LogP) is 2.57. The van der Waals surface area contributed by atoms with Crippen LogP contribution < -0.4 is 14.8 Å². The van der Waals surface area contributed by atoms with E-state index in [1.807, 2.05) is 0 Å². The number of rotatable bonds is 7. The molecule has 0 aromatic heterocycles. The van der Waals surface area contributed by atoms with E-state index in [1.165, 1.54) is 20.3 Å². The van der Waals surface area contributed by atoms with Crippen LogP contribution in [0.3, 0.4) is 0 Å². The van der Waals surface area contributed by atoms with E-state index in [-0.39, 0.29) is 24.2 Å². The Labute approximate surface area is 185 Å². The molecule has 1 heterocycles. The van der Waals surface area contributed by atoms with Gasteiger partial charge < -0.3 is 19.7 Å². The molecule has 0 bridgehead atoms. The van der Waals surface area contributed by atoms with Gasteiger partial charge in [0.25, 0.3) is 5.91 Å². The van der Waals surface area contributed by atoms with Gasteiger partial charge in [-0.25, -0.2) is 4.39 Å². The number of nitrogens with zero attached hydrogens (tertiary/aromatic N) is 2. The highest BCUT2D eigenvalue weighted by Crippen LogP contribution is 2.27. The van der Waals surface area contributed by atoms with Crippen molar-refractivity contribution in [1.29, 1.82) is 0 Å². The largest absolute Gasteiger partial charge is 0.493 e. The first-order valence-corrected chi connectivity index (χ1v) is 10.2. The van der Waals surface area contributed by atoms with E-state index in [0.29, 0.717) is 60.4 Å². The lowest BCUT2D eigenvalue weighted by atomic mass is 10.1. The fourth-order valence-corrected chi connectivity index (χ4v) is 3.63. The molecule has 0 saturated carbocycles. The number of carbonyl (C=O) groups is 2. The summed E-state index contributed by atoms with van der Waals surface area (Å²) in [5, 5.41) is 3.04. The average molecular weight is 450 g/mol. The van der Waals surface area contributed by atoms with E-state index in [2.05, 4.69) is 10.2 Å². The molecule has 1 fully saturated rings. The fraction of sp³-hybridized carbons (Fsp3) is 0.364. The zero-order chi connectivity index (χ0) is 22.4. The van der Waals surface area contributed by atoms with Crippen LogP contribution in [-0.2, 0) is 11.3 Å². The summed E-state index contributed by atoms with van der Waals surface area (Å²) in [6, 6.07) is 9.44. The molecule has 0 atom stereocenters. The van der Waals surface area contributed by atoms with Crippen LogP contribution in [0.2, 0.25) is 5.02 Å². The van der Waals surface area contributed by atoms with Crippen LogP contribution in [0.4, 0.5) is 4.39 Å². The number of ether oxygens (including phenoxy) is 2. The maximum Gasteiger partial charge on any atom is 0.251 e. The van der Waals surface area contributed by atoms with Gasteiger partial charge in [-0.2, -0.15) is 0 Å². The molecule has 1 saturated heterocycles. The van der Waals surface area contributed by atoms with Crippen molar-refractivity contribution in [2.24, 2.45) is 0 Å². The van der Waals surface area contributed by atoms with E-state index >= 15 is 0 Å². The third-order valence-electron chi connectivity index (χ3n) is 5.21. The molecule has 2 amide bonds. The van der Waals surface area contributed by atoms with Gasteiger partial charge in [-0.15, -0.1) is 0 Å². The Hall–Kier alpha value is -2.84. The van der Waals surface area contributed by atoms with Gasteiger partial charge in [0.2, 0.25) is 5.91 Å². The normalized spacial score (nSPS) is 14.3. The number of nitrogens with one attached hydrogen (secondary N) is 1. The molecular weight excluding hydrogens is 425 g/mol. The molecule has 0 unspecified atom stereocenters. The van der Waals surface area contributed by atoms with E-state index < -0.39 is 0 Å². The van der Waals surface area contributed by atoms with E-state index in [9.17, 15) is 14.0 Å². The SMILES string of the molecule is COc1ccc(C(=O)NCC(=O)N2CCN(Cc3c(F)cccc3Cl)CC2)cc1OC. The van der Waals surface area contributed by atoms with Gasteiger partial charge in [-0.05, 0) is 30.3 Å². The maximum absolute atomic E-state index is 14.0. The molecule has 7 nitrogen and oxygen atoms in total. The van der Waals surface area contributed by atoms with Crippen LogP contribution in [-0.4, -0.2) is 68.6 Å². The Morgan fingerprint density at radius 3 is 2.42 bits per heavy atom. The Kier molecular flexibility index (Phi) is 7.70. The first-order valence-electron chi connectivity index (χ1n) is 9.86. The van der Waals surface area contributed by atoms with Crippen molar-refractivity contribution in [3.8, 4) is 11.5 Å². The van der Waals surface area contributed by atoms with Gasteiger partial charge in [0.1, 0.15) is 5.82 Å². The molecule has 3 rings (SSSR count). The lowest BCUT2D eigenvalue weighted by Crippen LogP contribution is -2.50. The second kappa shape index (κ2) is 10.5. The number of benzene rings is 2. The van der Waals surface area contributed by atoms with Crippen LogP contribution >= 0.6 is 11.6 Å². The lowest BCUT2D eigenvalue weighted by molar-refractivity contribution is -0.131. The van der Waals surface area contributed by atoms with Crippen LogP contribution in [0.5, 0.6) is 11.5 Å². The van der Waals surface area contributed by atoms with Crippen LogP contribution in [0, 0.1) is 5.82 Å². The lowest BCUT2D eigenvalue weighted by Gasteiger charge is -2.35. The molecule has 31 heavy (non-hydrogen) atoms. The summed E-state index contributed by atoms with van der Waals surface area (Å²) in [7, 11) is 3.00. The molecule has 1 aliphatic rings. The van der Waals surface area contributed by atoms with E-state index in [0.717, 1.165) is 0 Å². The molecule has 166 valence electrons. The Balaban J connectivity index is 1.48. The highest BCUT2D eigenvalue weighted by Gasteiger charge is 2.23. The van der Waals surface area contributed by atoms with E-state index in [1.54, 1.807) is 35.2 Å². The number of amides is 2. The minimum absolute atomic E-state index is 0.105. The van der Waals surface area contributed by atoms with Crippen molar-refractivity contribution in [2.75, 3.05) is 46.9 Å². The van der Waals surface area contributed by atoms with Gasteiger partial charge in [0.05, 0.1) is 20.8 Å². The zero-order valence-corrected chi connectivity index (χ0v) is 18.2. The molecule has 1 aliphatic heterocycles. The molecule has 0 aliphatic carbocycles. The number of piperazine rings is 1. The summed E-state index contributed by atoms with van der Waals surface area (Å²) in [6.07, 6.45) is 0. The standard InChI is InChI=1S/C22H25ClFN3O4/c1-30-19-7-6-15(12-20(19)31-2)22(29)25-13-21(28)27-10-8-26(9-11-27)14-16-17(23)4-3-5-18(16)24/h3-7,12H,8-11,13-14H2,1-2H3,(H,25,29). The second-order valence-corrected chi connectivity index (χ2v) is 7.52. The highest BCUT2D eigenvalue weighted by atomic mass is 35.5. The minimum Gasteiger partial charge on any atom is -0.493 e. The number of methoxy groups -OCH3 is 2. The van der Waals surface area contributed by atoms with Crippen molar-refractivity contribution in [3.05, 3.63) is 58.4 Å². The van der Waals surface area contributed by atoms with Gasteiger partial charge in [0, 0.05) is 48.9 Å². The molecule has 1 N–H and O–H groups in total. The summed E-state index contributed by atoms with van der Waals surface area (Å²) in [6.45, 7) is 2.48. The average Bonchev–Trinajstić information content (AvgIpc) is 2.79. The first-order chi connectivity index (χ1) is 14.9. The molecule has 0 radical (unpaired) electrons. The number of halogens is 2. The van der Waals surface area contributed by atoms with Crippen LogP contribution in [0.25, 0.3) is 0 Å². The van der Waals surface area contributed by atoms with Gasteiger partial charge >= 0.3 is 0 Å². The second-order valence-electron chi connectivity index (χ2n) is 7.11. The van der Waals surface area contributed by atoms with Crippen LogP contribution in [0.1, 0.15) is 15.9 Å². The quantitative estimate of drug-likeness (QED) is 0.703. The smallest absolute Gasteiger partial charge is 0.251 e. The van der Waals surface area contributed by atoms with Crippen molar-refractivity contribution >= 4 is 23.4 Å². The molecular formula is C22H25ClFN3O4. The summed E-state index contributed by atoms with van der Waals surface area (Å²) in [5.41, 5.74) is 0.836. The van der Waals surface area contributed by atoms with Crippen molar-refractivity contribution in [3.63, 3.8) is 0 Å². The Bertz CT molecular complexity index is 928. The third-order valence-corrected chi connectivity index (χ3v) is 5.57. The van der Waals surface area contributed by atoms with Crippen molar-refractivity contribution in [2.45, 2.75) is 6.54 Å². The number of hydrogen-bond acceptors (Lipinski definition) is 5. The fourth-order valence-electron chi connectivity index (χ4n) is 3.41. The highest BCUT2D eigenvalue weighted by molar-refractivity contribution is 6.31. The van der Waals surface area contributed by atoms with Crippen LogP contribution in [0.15, 0.2) is 36.4 Å².